The second kappa shape index (κ2) is 4.17. The van der Waals surface area contributed by atoms with Gasteiger partial charge in [-0.15, -0.1) is 0 Å². The zero-order valence-corrected chi connectivity index (χ0v) is 11.1. The summed E-state index contributed by atoms with van der Waals surface area (Å²) < 4.78 is 2.79. The van der Waals surface area contributed by atoms with Crippen LogP contribution < -0.4 is 0 Å². The predicted molar refractivity (Wildman–Crippen MR) is 73.3 cm³/mol. The van der Waals surface area contributed by atoms with E-state index in [0.717, 1.165) is 21.2 Å². The Morgan fingerprint density at radius 1 is 1.06 bits per heavy atom. The highest BCUT2D eigenvalue weighted by Gasteiger charge is 2.05. The first-order valence-corrected chi connectivity index (χ1v) is 6.31. The zero-order valence-electron chi connectivity index (χ0n) is 8.77. The Morgan fingerprint density at radius 2 is 1.82 bits per heavy atom. The third-order valence-corrected chi connectivity index (χ3v) is 3.39. The molecule has 17 heavy (non-hydrogen) atoms. The summed E-state index contributed by atoms with van der Waals surface area (Å²) in [6.45, 7) is 0. The maximum absolute atomic E-state index is 6.08. The van der Waals surface area contributed by atoms with Crippen LogP contribution in [0.5, 0.6) is 0 Å². The number of hydrogen-bond acceptors (Lipinski definition) is 1. The number of hydrogen-bond donors (Lipinski definition) is 0. The molecule has 1 aromatic carbocycles. The normalized spacial score (nSPS) is 10.9. The van der Waals surface area contributed by atoms with E-state index < -0.39 is 0 Å². The van der Waals surface area contributed by atoms with Gasteiger partial charge in [-0.1, -0.05) is 45.7 Å². The molecule has 0 spiro atoms. The van der Waals surface area contributed by atoms with Gasteiger partial charge in [0.2, 0.25) is 0 Å². The van der Waals surface area contributed by atoms with E-state index in [2.05, 4.69) is 21.0 Å². The van der Waals surface area contributed by atoms with E-state index in [1.807, 2.05) is 48.5 Å². The molecule has 2 aromatic heterocycles. The first-order valence-electron chi connectivity index (χ1n) is 5.14. The van der Waals surface area contributed by atoms with E-state index in [1.165, 1.54) is 0 Å². The number of halogens is 2. The smallest absolute Gasteiger partial charge is 0.131 e. The second-order valence-electron chi connectivity index (χ2n) is 3.72. The molecule has 0 unspecified atom stereocenters. The van der Waals surface area contributed by atoms with Gasteiger partial charge in [-0.2, -0.15) is 5.10 Å². The highest BCUT2D eigenvalue weighted by atomic mass is 79.9. The van der Waals surface area contributed by atoms with E-state index >= 15 is 0 Å². The van der Waals surface area contributed by atoms with Crippen LogP contribution in [0.15, 0.2) is 53.0 Å². The third-order valence-electron chi connectivity index (χ3n) is 2.58. The number of rotatable bonds is 1. The summed E-state index contributed by atoms with van der Waals surface area (Å²) in [4.78, 5) is 0. The summed E-state index contributed by atoms with van der Waals surface area (Å²) >= 11 is 9.49. The molecule has 3 aromatic rings. The van der Waals surface area contributed by atoms with E-state index in [4.69, 9.17) is 11.6 Å². The van der Waals surface area contributed by atoms with Gasteiger partial charge in [0.25, 0.3) is 0 Å². The van der Waals surface area contributed by atoms with Gasteiger partial charge in [0.15, 0.2) is 0 Å². The lowest BCUT2D eigenvalue weighted by Crippen LogP contribution is -1.88. The van der Waals surface area contributed by atoms with Crippen LogP contribution in [0.4, 0.5) is 0 Å². The largest absolute Gasteiger partial charge is 0.222 e. The summed E-state index contributed by atoms with van der Waals surface area (Å²) in [6.07, 6.45) is 0. The number of aromatic nitrogens is 2. The Kier molecular flexibility index (Phi) is 2.65. The fourth-order valence-corrected chi connectivity index (χ4v) is 2.22. The van der Waals surface area contributed by atoms with E-state index in [9.17, 15) is 0 Å². The van der Waals surface area contributed by atoms with Crippen molar-refractivity contribution < 1.29 is 0 Å². The fraction of sp³-hybridized carbons (Fsp3) is 0. The van der Waals surface area contributed by atoms with Gasteiger partial charge in [0.1, 0.15) is 5.15 Å². The standard InChI is InChI=1S/C13H8BrClN2/c14-10-6-4-9(5-7-10)12-8-11-2-1-3-13(15)17(11)16-12/h1-8H. The monoisotopic (exact) mass is 306 g/mol. The fourth-order valence-electron chi connectivity index (χ4n) is 1.74. The van der Waals surface area contributed by atoms with Crippen molar-refractivity contribution in [3.63, 3.8) is 0 Å². The maximum atomic E-state index is 6.08. The van der Waals surface area contributed by atoms with Crippen molar-refractivity contribution in [2.75, 3.05) is 0 Å². The molecule has 4 heteroatoms. The molecule has 0 saturated heterocycles. The topological polar surface area (TPSA) is 17.3 Å². The first kappa shape index (κ1) is 10.8. The highest BCUT2D eigenvalue weighted by molar-refractivity contribution is 9.10. The predicted octanol–water partition coefficient (Wildman–Crippen LogP) is 4.42. The lowest BCUT2D eigenvalue weighted by molar-refractivity contribution is 0.966. The zero-order chi connectivity index (χ0) is 11.8. The van der Waals surface area contributed by atoms with Gasteiger partial charge in [-0.05, 0) is 30.3 Å². The van der Waals surface area contributed by atoms with E-state index in [-0.39, 0.29) is 0 Å². The van der Waals surface area contributed by atoms with Crippen LogP contribution in [0.25, 0.3) is 16.8 Å². The van der Waals surface area contributed by atoms with Gasteiger partial charge in [-0.3, -0.25) is 0 Å². The average molecular weight is 308 g/mol. The SMILES string of the molecule is Clc1cccc2cc(-c3ccc(Br)cc3)nn12. The molecule has 0 fully saturated rings. The van der Waals surface area contributed by atoms with Gasteiger partial charge >= 0.3 is 0 Å². The molecule has 0 N–H and O–H groups in total. The minimum Gasteiger partial charge on any atom is -0.222 e. The lowest BCUT2D eigenvalue weighted by atomic mass is 10.1. The van der Waals surface area contributed by atoms with Crippen molar-refractivity contribution in [3.05, 3.63) is 58.2 Å². The molecule has 0 aliphatic heterocycles. The molecule has 0 radical (unpaired) electrons. The third kappa shape index (κ3) is 1.96. The van der Waals surface area contributed by atoms with Crippen molar-refractivity contribution in [1.29, 1.82) is 0 Å². The van der Waals surface area contributed by atoms with Crippen LogP contribution in [-0.4, -0.2) is 9.61 Å². The summed E-state index contributed by atoms with van der Waals surface area (Å²) in [5.74, 6) is 0. The lowest BCUT2D eigenvalue weighted by Gasteiger charge is -1.96. The van der Waals surface area contributed by atoms with Crippen LogP contribution in [0.2, 0.25) is 5.15 Å². The van der Waals surface area contributed by atoms with Crippen LogP contribution in [0.1, 0.15) is 0 Å². The molecule has 0 aliphatic carbocycles. The van der Waals surface area contributed by atoms with Crippen molar-refractivity contribution >= 4 is 33.0 Å². The highest BCUT2D eigenvalue weighted by Crippen LogP contribution is 2.23. The molecule has 0 bridgehead atoms. The molecular weight excluding hydrogens is 300 g/mol. The number of fused-ring (bicyclic) bond motifs is 1. The summed E-state index contributed by atoms with van der Waals surface area (Å²) in [6, 6.07) is 15.8. The molecule has 2 nitrogen and oxygen atoms in total. The molecule has 0 saturated carbocycles. The van der Waals surface area contributed by atoms with Crippen molar-refractivity contribution in [1.82, 2.24) is 9.61 Å². The summed E-state index contributed by atoms with van der Waals surface area (Å²) in [7, 11) is 0. The minimum atomic E-state index is 0.617. The molecule has 0 amide bonds. The maximum Gasteiger partial charge on any atom is 0.131 e. The summed E-state index contributed by atoms with van der Waals surface area (Å²) in [5.41, 5.74) is 2.99. The molecule has 3 rings (SSSR count). The van der Waals surface area contributed by atoms with Crippen molar-refractivity contribution in [2.24, 2.45) is 0 Å². The molecule has 84 valence electrons. The van der Waals surface area contributed by atoms with Crippen molar-refractivity contribution in [2.45, 2.75) is 0 Å². The Labute approximate surface area is 112 Å². The van der Waals surface area contributed by atoms with E-state index in [1.54, 1.807) is 4.52 Å². The van der Waals surface area contributed by atoms with Gasteiger partial charge in [0.05, 0.1) is 11.2 Å². The quantitative estimate of drug-likeness (QED) is 0.608. The molecule has 2 heterocycles. The first-order chi connectivity index (χ1) is 8.24. The number of nitrogens with zero attached hydrogens (tertiary/aromatic N) is 2. The molecule has 0 aliphatic rings. The Balaban J connectivity index is 2.18. The van der Waals surface area contributed by atoms with Gasteiger partial charge in [0, 0.05) is 10.0 Å². The van der Waals surface area contributed by atoms with Crippen molar-refractivity contribution in [3.8, 4) is 11.3 Å². The van der Waals surface area contributed by atoms with E-state index in [0.29, 0.717) is 5.15 Å². The van der Waals surface area contributed by atoms with Gasteiger partial charge in [-0.25, -0.2) is 4.52 Å². The molecule has 0 atom stereocenters. The average Bonchev–Trinajstić information content (AvgIpc) is 2.75. The van der Waals surface area contributed by atoms with Crippen LogP contribution >= 0.6 is 27.5 Å². The second-order valence-corrected chi connectivity index (χ2v) is 5.02. The Hall–Kier alpha value is -1.32. The summed E-state index contributed by atoms with van der Waals surface area (Å²) in [5, 5.41) is 5.10. The number of benzene rings is 1. The van der Waals surface area contributed by atoms with Gasteiger partial charge < -0.3 is 0 Å². The Bertz CT molecular complexity index is 673. The number of pyridine rings is 1. The molecular formula is C13H8BrClN2. The Morgan fingerprint density at radius 3 is 2.53 bits per heavy atom. The minimum absolute atomic E-state index is 0.617. The van der Waals surface area contributed by atoms with Crippen LogP contribution in [0.3, 0.4) is 0 Å². The van der Waals surface area contributed by atoms with Crippen LogP contribution in [-0.2, 0) is 0 Å². The van der Waals surface area contributed by atoms with Crippen LogP contribution in [0, 0.1) is 0 Å².